The molecule has 2 heterocycles. The lowest BCUT2D eigenvalue weighted by atomic mass is 9.93. The van der Waals surface area contributed by atoms with Crippen molar-refractivity contribution in [2.45, 2.75) is 57.8 Å². The molecule has 0 radical (unpaired) electrons. The second-order valence-corrected chi connectivity index (χ2v) is 9.35. The number of halogens is 3. The summed E-state index contributed by atoms with van der Waals surface area (Å²) in [6, 6.07) is 7.96. The number of aromatic nitrogens is 1. The van der Waals surface area contributed by atoms with Gasteiger partial charge in [-0.1, -0.05) is 19.9 Å². The van der Waals surface area contributed by atoms with Crippen LogP contribution in [0.5, 0.6) is 5.75 Å². The van der Waals surface area contributed by atoms with E-state index in [4.69, 9.17) is 10.5 Å². The van der Waals surface area contributed by atoms with Crippen LogP contribution in [-0.4, -0.2) is 36.3 Å². The average Bonchev–Trinajstić information content (AvgIpc) is 2.71. The summed E-state index contributed by atoms with van der Waals surface area (Å²) < 4.78 is 47.0. The highest BCUT2D eigenvalue weighted by atomic mass is 19.4. The van der Waals surface area contributed by atoms with Crippen molar-refractivity contribution < 1.29 is 17.9 Å². The average molecular weight is 451 g/mol. The van der Waals surface area contributed by atoms with Crippen LogP contribution in [0.4, 0.5) is 19.0 Å². The zero-order valence-electron chi connectivity index (χ0n) is 18.9. The fraction of sp³-hybridized carbons (Fsp3) is 0.542. The lowest BCUT2D eigenvalue weighted by Gasteiger charge is -2.27. The topological polar surface area (TPSA) is 72.2 Å². The normalized spacial score (nSPS) is 17.2. The molecule has 1 aromatic heterocycles. The Kier molecular flexibility index (Phi) is 7.67. The van der Waals surface area contributed by atoms with Crippen molar-refractivity contribution in [1.29, 1.82) is 0 Å². The number of nitrogens with two attached hydrogens (primary N) is 1. The molecule has 1 aliphatic rings. The maximum absolute atomic E-state index is 13.8. The Bertz CT molecular complexity index is 893. The predicted molar refractivity (Wildman–Crippen MR) is 122 cm³/mol. The molecule has 0 bridgehead atoms. The SMILES string of the molecule is CC(C)CC(C)(N)COc1ccc(-c2ccnc(NC3CCNCC3)c2)cc1C(F)(F)F. The molecule has 0 amide bonds. The summed E-state index contributed by atoms with van der Waals surface area (Å²) >= 11 is 0. The van der Waals surface area contributed by atoms with Gasteiger partial charge in [0.05, 0.1) is 5.56 Å². The Morgan fingerprint density at radius 2 is 1.84 bits per heavy atom. The molecule has 1 fully saturated rings. The maximum atomic E-state index is 13.8. The minimum absolute atomic E-state index is 0.00712. The highest BCUT2D eigenvalue weighted by Gasteiger charge is 2.35. The van der Waals surface area contributed by atoms with E-state index >= 15 is 0 Å². The van der Waals surface area contributed by atoms with Gasteiger partial charge in [-0.05, 0) is 80.6 Å². The van der Waals surface area contributed by atoms with Gasteiger partial charge in [-0.2, -0.15) is 13.2 Å². The first-order valence-corrected chi connectivity index (χ1v) is 11.1. The Hall–Kier alpha value is -2.32. The number of rotatable bonds is 8. The van der Waals surface area contributed by atoms with Crippen LogP contribution in [0, 0.1) is 5.92 Å². The molecule has 4 N–H and O–H groups in total. The minimum atomic E-state index is -4.54. The molecule has 176 valence electrons. The summed E-state index contributed by atoms with van der Waals surface area (Å²) in [5, 5.41) is 6.69. The van der Waals surface area contributed by atoms with Gasteiger partial charge in [0.2, 0.25) is 0 Å². The van der Waals surface area contributed by atoms with E-state index in [1.165, 1.54) is 6.07 Å². The third kappa shape index (κ3) is 6.84. The number of hydrogen-bond acceptors (Lipinski definition) is 5. The molecule has 1 aliphatic heterocycles. The van der Waals surface area contributed by atoms with Gasteiger partial charge in [0.1, 0.15) is 18.2 Å². The van der Waals surface area contributed by atoms with E-state index in [0.29, 0.717) is 35.3 Å². The van der Waals surface area contributed by atoms with Crippen LogP contribution in [0.3, 0.4) is 0 Å². The third-order valence-corrected chi connectivity index (χ3v) is 5.50. The van der Waals surface area contributed by atoms with E-state index in [2.05, 4.69) is 15.6 Å². The van der Waals surface area contributed by atoms with Gasteiger partial charge >= 0.3 is 6.18 Å². The zero-order chi connectivity index (χ0) is 23.4. The fourth-order valence-electron chi connectivity index (χ4n) is 4.16. The second-order valence-electron chi connectivity index (χ2n) is 9.35. The van der Waals surface area contributed by atoms with Crippen molar-refractivity contribution in [3.63, 3.8) is 0 Å². The highest BCUT2D eigenvalue weighted by molar-refractivity contribution is 5.68. The monoisotopic (exact) mass is 450 g/mol. The Morgan fingerprint density at radius 1 is 1.16 bits per heavy atom. The number of pyridine rings is 1. The number of ether oxygens (including phenoxy) is 1. The second kappa shape index (κ2) is 10.1. The maximum Gasteiger partial charge on any atom is 0.419 e. The quantitative estimate of drug-likeness (QED) is 0.524. The Labute approximate surface area is 187 Å². The van der Waals surface area contributed by atoms with Gasteiger partial charge in [0.15, 0.2) is 0 Å². The molecule has 1 unspecified atom stereocenters. The van der Waals surface area contributed by atoms with Crippen LogP contribution in [0.25, 0.3) is 11.1 Å². The summed E-state index contributed by atoms with van der Waals surface area (Å²) in [6.07, 6.45) is -0.323. The van der Waals surface area contributed by atoms with Crippen LogP contribution in [-0.2, 0) is 6.18 Å². The molecule has 5 nitrogen and oxygen atoms in total. The summed E-state index contributed by atoms with van der Waals surface area (Å²) in [5.74, 6) is 0.775. The first-order chi connectivity index (χ1) is 15.0. The molecule has 0 aliphatic carbocycles. The van der Waals surface area contributed by atoms with E-state index in [0.717, 1.165) is 32.0 Å². The zero-order valence-corrected chi connectivity index (χ0v) is 18.9. The van der Waals surface area contributed by atoms with Crippen LogP contribution in [0.2, 0.25) is 0 Å². The Morgan fingerprint density at radius 3 is 2.50 bits per heavy atom. The first-order valence-electron chi connectivity index (χ1n) is 11.1. The number of anilines is 1. The van der Waals surface area contributed by atoms with E-state index < -0.39 is 17.3 Å². The van der Waals surface area contributed by atoms with Crippen LogP contribution >= 0.6 is 0 Å². The van der Waals surface area contributed by atoms with Crippen LogP contribution in [0.15, 0.2) is 36.5 Å². The summed E-state index contributed by atoms with van der Waals surface area (Å²) in [7, 11) is 0. The number of hydrogen-bond donors (Lipinski definition) is 3. The van der Waals surface area contributed by atoms with Gasteiger partial charge in [-0.25, -0.2) is 4.98 Å². The van der Waals surface area contributed by atoms with E-state index in [9.17, 15) is 13.2 Å². The molecular weight excluding hydrogens is 417 g/mol. The number of piperidine rings is 1. The molecule has 0 saturated carbocycles. The fourth-order valence-corrected chi connectivity index (χ4v) is 4.16. The molecule has 1 atom stereocenters. The molecule has 0 spiro atoms. The third-order valence-electron chi connectivity index (χ3n) is 5.50. The van der Waals surface area contributed by atoms with E-state index in [1.54, 1.807) is 31.3 Å². The number of nitrogens with zero attached hydrogens (tertiary/aromatic N) is 1. The van der Waals surface area contributed by atoms with Gasteiger partial charge in [-0.3, -0.25) is 0 Å². The minimum Gasteiger partial charge on any atom is -0.491 e. The molecule has 1 aromatic carbocycles. The number of nitrogens with one attached hydrogen (secondary N) is 2. The van der Waals surface area contributed by atoms with Crippen LogP contribution < -0.4 is 21.1 Å². The predicted octanol–water partition coefficient (Wildman–Crippen LogP) is 5.07. The molecule has 1 saturated heterocycles. The van der Waals surface area contributed by atoms with Crippen molar-refractivity contribution in [3.05, 3.63) is 42.1 Å². The van der Waals surface area contributed by atoms with Crippen molar-refractivity contribution in [1.82, 2.24) is 10.3 Å². The molecule has 3 rings (SSSR count). The van der Waals surface area contributed by atoms with Crippen molar-refractivity contribution in [2.75, 3.05) is 25.0 Å². The molecular formula is C24H33F3N4O. The number of alkyl halides is 3. The lowest BCUT2D eigenvalue weighted by Crippen LogP contribution is -2.43. The van der Waals surface area contributed by atoms with Crippen molar-refractivity contribution in [2.24, 2.45) is 11.7 Å². The van der Waals surface area contributed by atoms with Gasteiger partial charge < -0.3 is 21.1 Å². The van der Waals surface area contributed by atoms with Gasteiger partial charge in [0.25, 0.3) is 0 Å². The van der Waals surface area contributed by atoms with Crippen molar-refractivity contribution in [3.8, 4) is 16.9 Å². The smallest absolute Gasteiger partial charge is 0.419 e. The summed E-state index contributed by atoms with van der Waals surface area (Å²) in [5.41, 5.74) is 5.82. The standard InChI is InChI=1S/C24H33F3N4O/c1-16(2)14-23(3,28)15-32-21-5-4-17(12-20(21)24(25,26)27)18-6-11-30-22(13-18)31-19-7-9-29-10-8-19/h4-6,11-13,16,19,29H,7-10,14-15,28H2,1-3H3,(H,30,31). The Balaban J connectivity index is 1.81. The highest BCUT2D eigenvalue weighted by Crippen LogP contribution is 2.39. The molecule has 2 aromatic rings. The first kappa shape index (κ1) is 24.3. The summed E-state index contributed by atoms with van der Waals surface area (Å²) in [4.78, 5) is 4.34. The lowest BCUT2D eigenvalue weighted by molar-refractivity contribution is -0.139. The van der Waals surface area contributed by atoms with Crippen LogP contribution in [0.1, 0.15) is 45.6 Å². The summed E-state index contributed by atoms with van der Waals surface area (Å²) in [6.45, 7) is 7.71. The number of benzene rings is 1. The van der Waals surface area contributed by atoms with E-state index in [-0.39, 0.29) is 12.4 Å². The van der Waals surface area contributed by atoms with E-state index in [1.807, 2.05) is 13.8 Å². The van der Waals surface area contributed by atoms with Gasteiger partial charge in [0, 0.05) is 17.8 Å². The molecule has 32 heavy (non-hydrogen) atoms. The van der Waals surface area contributed by atoms with Gasteiger partial charge in [-0.15, -0.1) is 0 Å². The largest absolute Gasteiger partial charge is 0.491 e. The molecule has 8 heteroatoms. The van der Waals surface area contributed by atoms with Crippen molar-refractivity contribution >= 4 is 5.82 Å².